The second kappa shape index (κ2) is 11.2. The molecule has 2 aliphatic carbocycles. The number of rotatable bonds is 9. The molecular weight excluding hydrogens is 464 g/mol. The summed E-state index contributed by atoms with van der Waals surface area (Å²) >= 11 is 0. The Labute approximate surface area is 234 Å². The second-order valence-corrected chi connectivity index (χ2v) is 14.0. The third-order valence-corrected chi connectivity index (χ3v) is 11.3. The summed E-state index contributed by atoms with van der Waals surface area (Å²) in [5, 5.41) is 0. The predicted molar refractivity (Wildman–Crippen MR) is 162 cm³/mol. The van der Waals surface area contributed by atoms with Crippen LogP contribution < -0.4 is 4.90 Å². The van der Waals surface area contributed by atoms with Gasteiger partial charge < -0.3 is 14.5 Å². The Bertz CT molecular complexity index is 985. The van der Waals surface area contributed by atoms with E-state index in [0.29, 0.717) is 24.3 Å². The van der Waals surface area contributed by atoms with Crippen molar-refractivity contribution in [2.45, 2.75) is 149 Å². The van der Waals surface area contributed by atoms with Gasteiger partial charge in [-0.05, 0) is 101 Å². The lowest BCUT2D eigenvalue weighted by atomic mass is 9.73. The highest BCUT2D eigenvalue weighted by Gasteiger charge is 2.49. The molecule has 3 atom stereocenters. The second-order valence-electron chi connectivity index (χ2n) is 14.0. The van der Waals surface area contributed by atoms with Crippen LogP contribution in [0.25, 0.3) is 0 Å². The van der Waals surface area contributed by atoms with Crippen molar-refractivity contribution in [2.75, 3.05) is 18.0 Å². The molecule has 0 amide bonds. The average Bonchev–Trinajstić information content (AvgIpc) is 3.27. The third-order valence-electron chi connectivity index (χ3n) is 11.3. The SMILES string of the molecule is CCC1CCC(OC(CC2N(CC)C3=C(CCCC3)C2(C)C)CC2N(CC)c3ccccc3C2(C)C)CC1. The average molecular weight is 521 g/mol. The van der Waals surface area contributed by atoms with Gasteiger partial charge in [0.15, 0.2) is 0 Å². The van der Waals surface area contributed by atoms with Gasteiger partial charge in [-0.15, -0.1) is 0 Å². The van der Waals surface area contributed by atoms with Crippen LogP contribution in [0.15, 0.2) is 35.5 Å². The molecule has 1 fully saturated rings. The fourth-order valence-corrected chi connectivity index (χ4v) is 8.98. The van der Waals surface area contributed by atoms with Crippen molar-refractivity contribution in [2.24, 2.45) is 11.3 Å². The van der Waals surface area contributed by atoms with Crippen LogP contribution >= 0.6 is 0 Å². The summed E-state index contributed by atoms with van der Waals surface area (Å²) in [6, 6.07) is 10.2. The van der Waals surface area contributed by atoms with Crippen molar-refractivity contribution in [3.63, 3.8) is 0 Å². The van der Waals surface area contributed by atoms with Gasteiger partial charge in [0, 0.05) is 47.4 Å². The number of hydrogen-bond acceptors (Lipinski definition) is 3. The molecule has 2 heterocycles. The van der Waals surface area contributed by atoms with E-state index in [1.807, 2.05) is 0 Å². The minimum Gasteiger partial charge on any atom is -0.375 e. The van der Waals surface area contributed by atoms with Crippen molar-refractivity contribution in [3.05, 3.63) is 41.1 Å². The van der Waals surface area contributed by atoms with Gasteiger partial charge in [-0.1, -0.05) is 59.2 Å². The molecule has 3 nitrogen and oxygen atoms in total. The molecule has 3 heteroatoms. The van der Waals surface area contributed by atoms with Gasteiger partial charge in [-0.25, -0.2) is 0 Å². The molecular formula is C35H56N2O. The molecule has 0 radical (unpaired) electrons. The summed E-state index contributed by atoms with van der Waals surface area (Å²) in [5.41, 5.74) is 6.79. The predicted octanol–water partition coefficient (Wildman–Crippen LogP) is 8.87. The van der Waals surface area contributed by atoms with E-state index in [1.165, 1.54) is 69.0 Å². The number of hydrogen-bond donors (Lipinski definition) is 0. The van der Waals surface area contributed by atoms with Gasteiger partial charge in [-0.3, -0.25) is 0 Å². The number of benzene rings is 1. The van der Waals surface area contributed by atoms with Crippen molar-refractivity contribution in [1.82, 2.24) is 4.90 Å². The molecule has 212 valence electrons. The number of anilines is 1. The van der Waals surface area contributed by atoms with Gasteiger partial charge in [-0.2, -0.15) is 0 Å². The van der Waals surface area contributed by atoms with E-state index in [2.05, 4.69) is 82.5 Å². The standard InChI is InChI=1S/C35H56N2O/c1-8-25-19-21-26(22-20-25)38-27(23-32-34(4,5)28-15-11-13-17-30(28)36(32)9-2)24-33-35(6,7)29-16-12-14-18-31(29)37(33)10-3/h11,13,15,17,25-27,32-33H,8-10,12,14,16,18-24H2,1-7H3. The fourth-order valence-electron chi connectivity index (χ4n) is 8.98. The number of allylic oxidation sites excluding steroid dienone is 1. The van der Waals surface area contributed by atoms with Gasteiger partial charge >= 0.3 is 0 Å². The summed E-state index contributed by atoms with van der Waals surface area (Å²) in [4.78, 5) is 5.51. The molecule has 0 spiro atoms. The lowest BCUT2D eigenvalue weighted by Gasteiger charge is -2.42. The molecule has 0 saturated heterocycles. The van der Waals surface area contributed by atoms with Crippen LogP contribution in [-0.4, -0.2) is 42.3 Å². The maximum absolute atomic E-state index is 7.26. The summed E-state index contributed by atoms with van der Waals surface area (Å²) in [6.45, 7) is 19.3. The molecule has 2 aliphatic heterocycles. The van der Waals surface area contributed by atoms with Crippen molar-refractivity contribution in [1.29, 1.82) is 0 Å². The number of nitrogens with zero attached hydrogens (tertiary/aromatic N) is 2. The lowest BCUT2D eigenvalue weighted by molar-refractivity contribution is -0.0606. The van der Waals surface area contributed by atoms with E-state index in [9.17, 15) is 0 Å². The van der Waals surface area contributed by atoms with Gasteiger partial charge in [0.1, 0.15) is 0 Å². The summed E-state index contributed by atoms with van der Waals surface area (Å²) in [6.07, 6.45) is 14.9. The minimum atomic E-state index is 0.126. The number of fused-ring (bicyclic) bond motifs is 1. The van der Waals surface area contributed by atoms with Crippen LogP contribution in [0.5, 0.6) is 0 Å². The number of para-hydroxylation sites is 1. The van der Waals surface area contributed by atoms with Crippen LogP contribution in [0.2, 0.25) is 0 Å². The first-order valence-electron chi connectivity index (χ1n) is 16.2. The zero-order valence-corrected chi connectivity index (χ0v) is 25.7. The third kappa shape index (κ3) is 4.95. The highest BCUT2D eigenvalue weighted by Crippen LogP contribution is 2.52. The Balaban J connectivity index is 1.41. The summed E-state index contributed by atoms with van der Waals surface area (Å²) in [7, 11) is 0. The Kier molecular flexibility index (Phi) is 8.26. The number of ether oxygens (including phenoxy) is 1. The highest BCUT2D eigenvalue weighted by atomic mass is 16.5. The van der Waals surface area contributed by atoms with Crippen molar-refractivity contribution >= 4 is 5.69 Å². The van der Waals surface area contributed by atoms with E-state index in [0.717, 1.165) is 31.8 Å². The maximum Gasteiger partial charge on any atom is 0.0618 e. The minimum absolute atomic E-state index is 0.126. The molecule has 5 rings (SSSR count). The Morgan fingerprint density at radius 1 is 0.816 bits per heavy atom. The zero-order valence-electron chi connectivity index (χ0n) is 25.7. The molecule has 0 aromatic heterocycles. The monoisotopic (exact) mass is 520 g/mol. The van der Waals surface area contributed by atoms with Gasteiger partial charge in [0.2, 0.25) is 0 Å². The van der Waals surface area contributed by atoms with Crippen LogP contribution in [-0.2, 0) is 10.2 Å². The highest BCUT2D eigenvalue weighted by molar-refractivity contribution is 5.63. The molecule has 1 aromatic rings. The largest absolute Gasteiger partial charge is 0.375 e. The first-order chi connectivity index (χ1) is 18.2. The van der Waals surface area contributed by atoms with Crippen LogP contribution in [0, 0.1) is 11.3 Å². The lowest BCUT2D eigenvalue weighted by Crippen LogP contribution is -2.47. The molecule has 1 aromatic carbocycles. The Morgan fingerprint density at radius 2 is 1.45 bits per heavy atom. The Hall–Kier alpha value is -1.48. The molecule has 0 bridgehead atoms. The quantitative estimate of drug-likeness (QED) is 0.323. The molecule has 4 aliphatic rings. The van der Waals surface area contributed by atoms with E-state index in [-0.39, 0.29) is 10.8 Å². The molecule has 0 N–H and O–H groups in total. The summed E-state index contributed by atoms with van der Waals surface area (Å²) < 4.78 is 7.26. The molecule has 3 unspecified atom stereocenters. The zero-order chi connectivity index (χ0) is 27.1. The van der Waals surface area contributed by atoms with E-state index in [4.69, 9.17) is 4.74 Å². The normalized spacial score (nSPS) is 30.9. The molecule has 38 heavy (non-hydrogen) atoms. The first-order valence-corrected chi connectivity index (χ1v) is 16.2. The smallest absolute Gasteiger partial charge is 0.0618 e. The van der Waals surface area contributed by atoms with E-state index < -0.39 is 0 Å². The van der Waals surface area contributed by atoms with Crippen LogP contribution in [0.3, 0.4) is 0 Å². The maximum atomic E-state index is 7.26. The Morgan fingerprint density at radius 3 is 2.11 bits per heavy atom. The van der Waals surface area contributed by atoms with Crippen LogP contribution in [0.4, 0.5) is 5.69 Å². The first kappa shape index (κ1) is 28.1. The van der Waals surface area contributed by atoms with E-state index in [1.54, 1.807) is 11.3 Å². The van der Waals surface area contributed by atoms with Gasteiger partial charge in [0.05, 0.1) is 12.2 Å². The van der Waals surface area contributed by atoms with Crippen molar-refractivity contribution < 1.29 is 4.74 Å². The summed E-state index contributed by atoms with van der Waals surface area (Å²) in [5.74, 6) is 0.910. The van der Waals surface area contributed by atoms with Crippen molar-refractivity contribution in [3.8, 4) is 0 Å². The topological polar surface area (TPSA) is 15.7 Å². The van der Waals surface area contributed by atoms with E-state index >= 15 is 0 Å². The fraction of sp³-hybridized carbons (Fsp3) is 0.771. The number of likely N-dealkylation sites (N-methyl/N-ethyl adjacent to an activating group) is 1. The molecule has 1 saturated carbocycles. The van der Waals surface area contributed by atoms with Gasteiger partial charge in [0.25, 0.3) is 0 Å². The van der Waals surface area contributed by atoms with Crippen LogP contribution in [0.1, 0.15) is 125 Å².